The average molecular weight is 346 g/mol. The molecule has 0 aliphatic heterocycles. The minimum Gasteiger partial charge on any atom is -0.489 e. The van der Waals surface area contributed by atoms with Gasteiger partial charge in [-0.2, -0.15) is 0 Å². The minimum atomic E-state index is -4.67. The largest absolute Gasteiger partial charge is 0.573 e. The van der Waals surface area contributed by atoms with E-state index in [1.165, 1.54) is 12.2 Å². The van der Waals surface area contributed by atoms with Gasteiger partial charge in [0, 0.05) is 0 Å². The molecule has 0 N–H and O–H groups in total. The summed E-state index contributed by atoms with van der Waals surface area (Å²) in [4.78, 5) is 0. The van der Waals surface area contributed by atoms with Gasteiger partial charge < -0.3 is 9.47 Å². The van der Waals surface area contributed by atoms with Gasteiger partial charge >= 0.3 is 6.36 Å². The van der Waals surface area contributed by atoms with Crippen molar-refractivity contribution in [3.05, 3.63) is 83.6 Å². The minimum absolute atomic E-state index is 0.154. The van der Waals surface area contributed by atoms with E-state index in [-0.39, 0.29) is 5.76 Å². The third-order valence-corrected chi connectivity index (χ3v) is 3.78. The van der Waals surface area contributed by atoms with Crippen LogP contribution in [0.3, 0.4) is 0 Å². The lowest BCUT2D eigenvalue weighted by atomic mass is 9.96. The Labute approximate surface area is 144 Å². The van der Waals surface area contributed by atoms with Gasteiger partial charge in [-0.1, -0.05) is 42.5 Å². The van der Waals surface area contributed by atoms with Gasteiger partial charge in [-0.15, -0.1) is 13.2 Å². The van der Waals surface area contributed by atoms with Gasteiger partial charge in [0.15, 0.2) is 0 Å². The summed E-state index contributed by atoms with van der Waals surface area (Å²) >= 11 is 0. The number of alkyl halides is 3. The van der Waals surface area contributed by atoms with Gasteiger partial charge in [0.2, 0.25) is 0 Å². The molecule has 5 heteroatoms. The molecule has 3 rings (SSSR count). The van der Waals surface area contributed by atoms with Crippen LogP contribution in [-0.4, -0.2) is 6.36 Å². The number of hydrogen-bond donors (Lipinski definition) is 0. The lowest BCUT2D eigenvalue weighted by Crippen LogP contribution is -2.13. The van der Waals surface area contributed by atoms with Crippen LogP contribution in [0.15, 0.2) is 72.5 Å². The lowest BCUT2D eigenvalue weighted by molar-refractivity contribution is -0.303. The highest BCUT2D eigenvalue weighted by atomic mass is 19.4. The van der Waals surface area contributed by atoms with E-state index in [1.54, 1.807) is 0 Å². The molecule has 0 saturated heterocycles. The van der Waals surface area contributed by atoms with Crippen LogP contribution in [0.4, 0.5) is 13.2 Å². The average Bonchev–Trinajstić information content (AvgIpc) is 2.60. The Morgan fingerprint density at radius 1 is 0.920 bits per heavy atom. The fourth-order valence-electron chi connectivity index (χ4n) is 2.61. The van der Waals surface area contributed by atoms with Crippen LogP contribution in [0.2, 0.25) is 0 Å². The maximum Gasteiger partial charge on any atom is 0.573 e. The van der Waals surface area contributed by atoms with Crippen LogP contribution in [0.5, 0.6) is 5.75 Å². The third kappa shape index (κ3) is 5.14. The highest BCUT2D eigenvalue weighted by Gasteiger charge is 2.32. The second-order valence-electron chi connectivity index (χ2n) is 5.66. The molecule has 0 aromatic heterocycles. The van der Waals surface area contributed by atoms with Crippen molar-refractivity contribution in [1.29, 1.82) is 0 Å². The molecule has 130 valence electrons. The molecule has 1 aliphatic rings. The summed E-state index contributed by atoms with van der Waals surface area (Å²) in [6.07, 6.45) is -0.580. The van der Waals surface area contributed by atoms with E-state index in [0.29, 0.717) is 25.2 Å². The van der Waals surface area contributed by atoms with Gasteiger partial charge in [-0.05, 0) is 53.8 Å². The van der Waals surface area contributed by atoms with Crippen LogP contribution >= 0.6 is 0 Å². The lowest BCUT2D eigenvalue weighted by Gasteiger charge is -2.16. The molecule has 25 heavy (non-hydrogen) atoms. The quantitative estimate of drug-likeness (QED) is 0.675. The van der Waals surface area contributed by atoms with Crippen LogP contribution in [-0.2, 0) is 11.3 Å². The zero-order chi connectivity index (χ0) is 17.7. The van der Waals surface area contributed by atoms with E-state index in [0.717, 1.165) is 16.7 Å². The van der Waals surface area contributed by atoms with Gasteiger partial charge in [-0.3, -0.25) is 0 Å². The summed E-state index contributed by atoms with van der Waals surface area (Å²) in [7, 11) is 0. The Hall–Kier alpha value is -2.69. The molecule has 0 radical (unpaired) electrons. The maximum atomic E-state index is 12.3. The van der Waals surface area contributed by atoms with E-state index in [1.807, 2.05) is 54.6 Å². The predicted molar refractivity (Wildman–Crippen MR) is 89.7 cm³/mol. The van der Waals surface area contributed by atoms with Crippen molar-refractivity contribution in [3.63, 3.8) is 0 Å². The van der Waals surface area contributed by atoms with Crippen LogP contribution < -0.4 is 4.74 Å². The molecule has 0 saturated carbocycles. The number of ether oxygens (including phenoxy) is 2. The monoisotopic (exact) mass is 346 g/mol. The van der Waals surface area contributed by atoms with Gasteiger partial charge in [0.25, 0.3) is 0 Å². The molecule has 0 bridgehead atoms. The van der Waals surface area contributed by atoms with Gasteiger partial charge in [0.05, 0.1) is 0 Å². The van der Waals surface area contributed by atoms with Crippen molar-refractivity contribution < 1.29 is 22.6 Å². The molecule has 1 aliphatic carbocycles. The second-order valence-corrected chi connectivity index (χ2v) is 5.66. The highest BCUT2D eigenvalue weighted by Crippen LogP contribution is 2.31. The van der Waals surface area contributed by atoms with Crippen molar-refractivity contribution in [2.75, 3.05) is 0 Å². The molecule has 0 amide bonds. The van der Waals surface area contributed by atoms with Crippen molar-refractivity contribution in [3.8, 4) is 5.75 Å². The molecule has 0 heterocycles. The topological polar surface area (TPSA) is 18.5 Å². The first-order valence-corrected chi connectivity index (χ1v) is 7.93. The Morgan fingerprint density at radius 2 is 1.64 bits per heavy atom. The Balaban J connectivity index is 1.65. The smallest absolute Gasteiger partial charge is 0.489 e. The normalized spacial score (nSPS) is 14.5. The third-order valence-electron chi connectivity index (χ3n) is 3.78. The maximum absolute atomic E-state index is 12.3. The van der Waals surface area contributed by atoms with E-state index >= 15 is 0 Å². The number of hydrogen-bond acceptors (Lipinski definition) is 2. The summed E-state index contributed by atoms with van der Waals surface area (Å²) in [6, 6.07) is 17.2. The van der Waals surface area contributed by atoms with Crippen molar-refractivity contribution >= 4 is 5.57 Å². The number of benzene rings is 2. The fraction of sp³-hybridized carbons (Fsp3) is 0.200. The highest BCUT2D eigenvalue weighted by molar-refractivity contribution is 5.69. The summed E-state index contributed by atoms with van der Waals surface area (Å²) < 4.78 is 46.7. The SMILES string of the molecule is FC(F)(F)OC1=CCCC(c2ccc(OCc3ccccc3)cc2)=C1. The standard InChI is InChI=1S/C20H17F3O2/c21-20(22,23)25-19-8-4-7-17(13-19)16-9-11-18(12-10-16)24-14-15-5-2-1-3-6-15/h1-3,5-6,8-13H,4,7,14H2. The molecule has 0 spiro atoms. The molecule has 2 nitrogen and oxygen atoms in total. The molecule has 0 unspecified atom stereocenters. The zero-order valence-electron chi connectivity index (χ0n) is 13.4. The fourth-order valence-corrected chi connectivity index (χ4v) is 2.61. The number of halogens is 3. The van der Waals surface area contributed by atoms with E-state index in [9.17, 15) is 13.2 Å². The molecule has 0 atom stereocenters. The molecule has 0 fully saturated rings. The predicted octanol–water partition coefficient (Wildman–Crippen LogP) is 5.86. The van der Waals surface area contributed by atoms with Gasteiger partial charge in [0.1, 0.15) is 18.1 Å². The first-order valence-electron chi connectivity index (χ1n) is 7.93. The van der Waals surface area contributed by atoms with E-state index in [4.69, 9.17) is 4.74 Å². The van der Waals surface area contributed by atoms with E-state index in [2.05, 4.69) is 4.74 Å². The summed E-state index contributed by atoms with van der Waals surface area (Å²) in [5.74, 6) is 0.560. The zero-order valence-corrected chi connectivity index (χ0v) is 13.4. The molecular weight excluding hydrogens is 329 g/mol. The summed E-state index contributed by atoms with van der Waals surface area (Å²) in [6.45, 7) is 0.467. The van der Waals surface area contributed by atoms with Crippen LogP contribution in [0.1, 0.15) is 24.0 Å². The number of allylic oxidation sites excluding steroid dienone is 3. The van der Waals surface area contributed by atoms with Crippen LogP contribution in [0, 0.1) is 0 Å². The first kappa shape index (κ1) is 17.1. The molecule has 2 aromatic rings. The molecule has 2 aromatic carbocycles. The van der Waals surface area contributed by atoms with E-state index < -0.39 is 6.36 Å². The molecular formula is C20H17F3O2. The Morgan fingerprint density at radius 3 is 2.32 bits per heavy atom. The van der Waals surface area contributed by atoms with Crippen molar-refractivity contribution in [2.24, 2.45) is 0 Å². The second kappa shape index (κ2) is 7.47. The van der Waals surface area contributed by atoms with Crippen molar-refractivity contribution in [2.45, 2.75) is 25.8 Å². The van der Waals surface area contributed by atoms with Crippen LogP contribution in [0.25, 0.3) is 5.57 Å². The Kier molecular flexibility index (Phi) is 5.12. The van der Waals surface area contributed by atoms with Gasteiger partial charge in [-0.25, -0.2) is 0 Å². The van der Waals surface area contributed by atoms with Crippen molar-refractivity contribution in [1.82, 2.24) is 0 Å². The number of rotatable bonds is 5. The Bertz CT molecular complexity index is 760. The summed E-state index contributed by atoms with van der Waals surface area (Å²) in [5.41, 5.74) is 2.75. The first-order chi connectivity index (χ1) is 12.0. The summed E-state index contributed by atoms with van der Waals surface area (Å²) in [5, 5.41) is 0.